The smallest absolute Gasteiger partial charge is 0.252 e. The monoisotopic (exact) mass is 507 g/mol. The van der Waals surface area contributed by atoms with Crippen LogP contribution < -0.4 is 4.90 Å². The summed E-state index contributed by atoms with van der Waals surface area (Å²) in [7, 11) is 3.46. The van der Waals surface area contributed by atoms with Gasteiger partial charge < -0.3 is 0 Å². The standard InChI is InChI=1S/C29H41N5O3/c1-6-21(22-11-9-8-10-12-22)18-26(35)34-27(29(37)32(4)25-13-14-30-33(25)5)24(28(34)36)17-20-15-19(3)31-23(7-2)16-20/h13-16,21-22,24,27H,6-12,17-18H2,1-5H3/t21-,24+,27-/m0/s1. The highest BCUT2D eigenvalue weighted by atomic mass is 16.2. The van der Waals surface area contributed by atoms with Crippen LogP contribution in [0.25, 0.3) is 0 Å². The van der Waals surface area contributed by atoms with E-state index in [9.17, 15) is 14.4 Å². The fraction of sp³-hybridized carbons (Fsp3) is 0.621. The fourth-order valence-corrected chi connectivity index (χ4v) is 6.26. The van der Waals surface area contributed by atoms with Gasteiger partial charge in [0.25, 0.3) is 5.91 Å². The molecule has 2 aromatic rings. The van der Waals surface area contributed by atoms with Gasteiger partial charge in [-0.2, -0.15) is 5.10 Å². The first kappa shape index (κ1) is 27.0. The van der Waals surface area contributed by atoms with E-state index in [4.69, 9.17) is 0 Å². The predicted molar refractivity (Wildman–Crippen MR) is 143 cm³/mol. The largest absolute Gasteiger partial charge is 0.298 e. The van der Waals surface area contributed by atoms with Gasteiger partial charge in [0.1, 0.15) is 11.9 Å². The van der Waals surface area contributed by atoms with E-state index in [0.717, 1.165) is 42.6 Å². The minimum Gasteiger partial charge on any atom is -0.298 e. The minimum absolute atomic E-state index is 0.212. The molecule has 2 aliphatic rings. The van der Waals surface area contributed by atoms with Crippen molar-refractivity contribution in [1.29, 1.82) is 0 Å². The second kappa shape index (κ2) is 11.6. The van der Waals surface area contributed by atoms with Crippen molar-refractivity contribution in [2.75, 3.05) is 11.9 Å². The number of amides is 3. The summed E-state index contributed by atoms with van der Waals surface area (Å²) in [5.41, 5.74) is 2.83. The van der Waals surface area contributed by atoms with Crippen LogP contribution in [0.4, 0.5) is 5.82 Å². The number of hydrogen-bond acceptors (Lipinski definition) is 5. The van der Waals surface area contributed by atoms with Crippen LogP contribution in [-0.2, 0) is 34.3 Å². The van der Waals surface area contributed by atoms with Crippen molar-refractivity contribution >= 4 is 23.5 Å². The van der Waals surface area contributed by atoms with Crippen LogP contribution in [0.5, 0.6) is 0 Å². The Labute approximate surface area is 220 Å². The molecule has 2 fully saturated rings. The molecule has 1 aliphatic carbocycles. The molecule has 4 rings (SSSR count). The second-order valence-corrected chi connectivity index (χ2v) is 10.8. The van der Waals surface area contributed by atoms with Crippen molar-refractivity contribution in [2.45, 2.75) is 84.6 Å². The molecule has 37 heavy (non-hydrogen) atoms. The van der Waals surface area contributed by atoms with Crippen LogP contribution in [0.1, 0.15) is 75.7 Å². The lowest BCUT2D eigenvalue weighted by Crippen LogP contribution is -2.69. The molecule has 3 amide bonds. The van der Waals surface area contributed by atoms with E-state index in [1.54, 1.807) is 31.0 Å². The molecular weight excluding hydrogens is 466 g/mol. The van der Waals surface area contributed by atoms with Crippen molar-refractivity contribution in [2.24, 2.45) is 24.8 Å². The van der Waals surface area contributed by atoms with Gasteiger partial charge in [-0.25, -0.2) is 0 Å². The van der Waals surface area contributed by atoms with Gasteiger partial charge in [-0.15, -0.1) is 0 Å². The summed E-state index contributed by atoms with van der Waals surface area (Å²) >= 11 is 0. The second-order valence-electron chi connectivity index (χ2n) is 10.8. The average Bonchev–Trinajstić information content (AvgIpc) is 3.33. The molecule has 0 spiro atoms. The Morgan fingerprint density at radius 2 is 1.89 bits per heavy atom. The summed E-state index contributed by atoms with van der Waals surface area (Å²) in [5.74, 6) is 0.108. The van der Waals surface area contributed by atoms with E-state index in [-0.39, 0.29) is 23.6 Å². The summed E-state index contributed by atoms with van der Waals surface area (Å²) in [5, 5.41) is 4.18. The molecule has 1 saturated carbocycles. The molecule has 2 aromatic heterocycles. The number of rotatable bonds is 9. The molecule has 1 saturated heterocycles. The van der Waals surface area contributed by atoms with Crippen molar-refractivity contribution < 1.29 is 14.4 Å². The van der Waals surface area contributed by atoms with Crippen LogP contribution in [0.3, 0.4) is 0 Å². The summed E-state index contributed by atoms with van der Waals surface area (Å²) in [6.45, 7) is 6.12. The molecule has 200 valence electrons. The van der Waals surface area contributed by atoms with Gasteiger partial charge in [0.15, 0.2) is 0 Å². The Hall–Kier alpha value is -3.03. The Kier molecular flexibility index (Phi) is 8.45. The zero-order valence-electron chi connectivity index (χ0n) is 22.9. The first-order valence-corrected chi connectivity index (χ1v) is 13.8. The Balaban J connectivity index is 1.59. The Morgan fingerprint density at radius 3 is 2.51 bits per heavy atom. The number of hydrogen-bond donors (Lipinski definition) is 0. The first-order chi connectivity index (χ1) is 17.7. The van der Waals surface area contributed by atoms with Crippen molar-refractivity contribution in [3.8, 4) is 0 Å². The average molecular weight is 508 g/mol. The van der Waals surface area contributed by atoms with Crippen molar-refractivity contribution in [3.05, 3.63) is 41.3 Å². The normalized spacial score (nSPS) is 21.0. The van der Waals surface area contributed by atoms with Crippen LogP contribution in [0.2, 0.25) is 0 Å². The molecule has 0 N–H and O–H groups in total. The van der Waals surface area contributed by atoms with E-state index in [1.807, 2.05) is 26.0 Å². The van der Waals surface area contributed by atoms with E-state index >= 15 is 0 Å². The highest BCUT2D eigenvalue weighted by Crippen LogP contribution is 2.37. The quantitative estimate of drug-likeness (QED) is 0.474. The van der Waals surface area contributed by atoms with E-state index < -0.39 is 12.0 Å². The zero-order valence-corrected chi connectivity index (χ0v) is 22.9. The van der Waals surface area contributed by atoms with Gasteiger partial charge in [0, 0.05) is 38.0 Å². The molecule has 3 heterocycles. The first-order valence-electron chi connectivity index (χ1n) is 13.8. The van der Waals surface area contributed by atoms with Gasteiger partial charge in [-0.05, 0) is 49.3 Å². The maximum absolute atomic E-state index is 13.8. The Morgan fingerprint density at radius 1 is 1.16 bits per heavy atom. The third-order valence-corrected chi connectivity index (χ3v) is 8.37. The zero-order chi connectivity index (χ0) is 26.7. The molecule has 0 radical (unpaired) electrons. The van der Waals surface area contributed by atoms with Crippen LogP contribution >= 0.6 is 0 Å². The van der Waals surface area contributed by atoms with Crippen LogP contribution in [-0.4, -0.2) is 50.5 Å². The summed E-state index contributed by atoms with van der Waals surface area (Å²) < 4.78 is 1.62. The fourth-order valence-electron chi connectivity index (χ4n) is 6.26. The highest BCUT2D eigenvalue weighted by Gasteiger charge is 2.55. The minimum atomic E-state index is -0.817. The number of nitrogens with zero attached hydrogens (tertiary/aromatic N) is 5. The number of likely N-dealkylation sites (N-methyl/N-ethyl adjacent to an activating group) is 1. The van der Waals surface area contributed by atoms with Crippen molar-refractivity contribution in [1.82, 2.24) is 19.7 Å². The lowest BCUT2D eigenvalue weighted by Gasteiger charge is -2.46. The predicted octanol–water partition coefficient (Wildman–Crippen LogP) is 4.24. The summed E-state index contributed by atoms with van der Waals surface area (Å²) in [6, 6.07) is 4.92. The molecular formula is C29H41N5O3. The number of likely N-dealkylation sites (tertiary alicyclic amines) is 1. The molecule has 0 unspecified atom stereocenters. The van der Waals surface area contributed by atoms with Gasteiger partial charge in [-0.1, -0.05) is 52.4 Å². The molecule has 8 heteroatoms. The number of anilines is 1. The van der Waals surface area contributed by atoms with Crippen LogP contribution in [0.15, 0.2) is 24.4 Å². The van der Waals surface area contributed by atoms with Crippen LogP contribution in [0, 0.1) is 24.7 Å². The number of pyridine rings is 1. The molecule has 8 nitrogen and oxygen atoms in total. The molecule has 0 aromatic carbocycles. The number of aromatic nitrogens is 3. The maximum atomic E-state index is 13.8. The highest BCUT2D eigenvalue weighted by molar-refractivity contribution is 6.12. The van der Waals surface area contributed by atoms with Gasteiger partial charge in [0.2, 0.25) is 11.8 Å². The van der Waals surface area contributed by atoms with Gasteiger partial charge >= 0.3 is 0 Å². The van der Waals surface area contributed by atoms with E-state index in [2.05, 4.69) is 17.0 Å². The number of β-lactam (4-membered cyclic amide) rings is 1. The van der Waals surface area contributed by atoms with Crippen molar-refractivity contribution in [3.63, 3.8) is 0 Å². The lowest BCUT2D eigenvalue weighted by atomic mass is 9.76. The number of imide groups is 1. The van der Waals surface area contributed by atoms with E-state index in [1.165, 1.54) is 29.1 Å². The van der Waals surface area contributed by atoms with Gasteiger partial charge in [0.05, 0.1) is 12.1 Å². The van der Waals surface area contributed by atoms with Gasteiger partial charge in [-0.3, -0.25) is 33.8 Å². The maximum Gasteiger partial charge on any atom is 0.252 e. The topological polar surface area (TPSA) is 88.4 Å². The third kappa shape index (κ3) is 5.63. The molecule has 3 atom stereocenters. The summed E-state index contributed by atoms with van der Waals surface area (Å²) in [4.78, 5) is 48.2. The number of carbonyl (C=O) groups is 3. The lowest BCUT2D eigenvalue weighted by molar-refractivity contribution is -0.171. The number of carbonyl (C=O) groups excluding carboxylic acids is 3. The molecule has 0 bridgehead atoms. The molecule has 1 aliphatic heterocycles. The van der Waals surface area contributed by atoms with E-state index in [0.29, 0.717) is 24.6 Å². The SMILES string of the molecule is CCc1cc(C[C@H]2C(=O)N(C(=O)C[C@H](CC)C3CCCCC3)[C@@H]2C(=O)N(C)c2ccnn2C)cc(C)n1. The third-order valence-electron chi connectivity index (χ3n) is 8.37. The number of aryl methyl sites for hydroxylation is 3. The summed E-state index contributed by atoms with van der Waals surface area (Å²) in [6.07, 6.45) is 10.1. The Bertz CT molecular complexity index is 1140.